The van der Waals surface area contributed by atoms with E-state index in [2.05, 4.69) is 34.3 Å². The molecular formula is C19H21N3O. The second kappa shape index (κ2) is 7.03. The number of hydrogen-bond acceptors (Lipinski definition) is 4. The van der Waals surface area contributed by atoms with E-state index in [1.165, 1.54) is 5.56 Å². The fraction of sp³-hybridized carbons (Fsp3) is 0.158. The molecule has 118 valence electrons. The smallest absolute Gasteiger partial charge is 0.145 e. The van der Waals surface area contributed by atoms with Crippen LogP contribution in [0.4, 0.5) is 5.82 Å². The molecule has 0 saturated heterocycles. The third kappa shape index (κ3) is 3.73. The average Bonchev–Trinajstić information content (AvgIpc) is 2.63. The van der Waals surface area contributed by atoms with Gasteiger partial charge in [-0.25, -0.2) is 4.98 Å². The Labute approximate surface area is 137 Å². The first-order valence-electron chi connectivity index (χ1n) is 7.60. The van der Waals surface area contributed by atoms with Crippen molar-refractivity contribution in [2.24, 2.45) is 0 Å². The highest BCUT2D eigenvalue weighted by Crippen LogP contribution is 2.21. The van der Waals surface area contributed by atoms with Gasteiger partial charge in [0.15, 0.2) is 0 Å². The van der Waals surface area contributed by atoms with Gasteiger partial charge in [0.25, 0.3) is 0 Å². The Morgan fingerprint density at radius 1 is 1.09 bits per heavy atom. The summed E-state index contributed by atoms with van der Waals surface area (Å²) < 4.78 is 0. The molecule has 0 aliphatic rings. The normalized spacial score (nSPS) is 11.9. The van der Waals surface area contributed by atoms with E-state index in [0.717, 1.165) is 22.6 Å². The lowest BCUT2D eigenvalue weighted by Crippen LogP contribution is -2.08. The number of aliphatic hydroxyl groups is 1. The van der Waals surface area contributed by atoms with Crippen LogP contribution in [0.2, 0.25) is 0 Å². The lowest BCUT2D eigenvalue weighted by Gasteiger charge is -2.15. The van der Waals surface area contributed by atoms with Crippen molar-refractivity contribution in [1.82, 2.24) is 9.97 Å². The molecule has 0 aliphatic heterocycles. The minimum Gasteiger partial charge on any atom is -0.392 e. The summed E-state index contributed by atoms with van der Waals surface area (Å²) in [5, 5.41) is 12.6. The van der Waals surface area contributed by atoms with E-state index < -0.39 is 0 Å². The zero-order chi connectivity index (χ0) is 16.1. The zero-order valence-electron chi connectivity index (χ0n) is 13.0. The summed E-state index contributed by atoms with van der Waals surface area (Å²) in [6.45, 7) is 2.11. The van der Waals surface area contributed by atoms with E-state index in [1.807, 2.05) is 42.5 Å². The number of aromatic nitrogens is 2. The Hall–Kier alpha value is -2.72. The van der Waals surface area contributed by atoms with Crippen LogP contribution < -0.4 is 5.32 Å². The quantitative estimate of drug-likeness (QED) is 0.746. The molecule has 3 rings (SSSR count). The lowest BCUT2D eigenvalue weighted by molar-refractivity contribution is 0.282. The van der Waals surface area contributed by atoms with Crippen molar-refractivity contribution >= 4 is 5.82 Å². The summed E-state index contributed by atoms with van der Waals surface area (Å²) in [6, 6.07) is 18.0. The Kier molecular flexibility index (Phi) is 4.64. The molecular weight excluding hydrogens is 286 g/mol. The van der Waals surface area contributed by atoms with Gasteiger partial charge in [-0.15, -0.1) is 0 Å². The second-order valence-corrected chi connectivity index (χ2v) is 5.42. The largest absolute Gasteiger partial charge is 0.392 e. The first-order valence-corrected chi connectivity index (χ1v) is 7.60. The molecule has 0 radical (unpaired) electrons. The van der Waals surface area contributed by atoms with E-state index in [4.69, 9.17) is 0 Å². The molecule has 1 atom stereocenters. The Morgan fingerprint density at radius 2 is 1.91 bits per heavy atom. The molecule has 23 heavy (non-hydrogen) atoms. The summed E-state index contributed by atoms with van der Waals surface area (Å²) >= 11 is 0. The molecule has 0 spiro atoms. The van der Waals surface area contributed by atoms with Crippen LogP contribution in [0.5, 0.6) is 0 Å². The Balaban J connectivity index is 0.00000208. The van der Waals surface area contributed by atoms with E-state index in [9.17, 15) is 5.11 Å². The highest BCUT2D eigenvalue weighted by Gasteiger charge is 2.07. The van der Waals surface area contributed by atoms with Gasteiger partial charge in [0.2, 0.25) is 0 Å². The summed E-state index contributed by atoms with van der Waals surface area (Å²) in [4.78, 5) is 8.90. The van der Waals surface area contributed by atoms with Crippen LogP contribution in [0.15, 0.2) is 67.0 Å². The van der Waals surface area contributed by atoms with Gasteiger partial charge < -0.3 is 10.4 Å². The molecule has 0 fully saturated rings. The van der Waals surface area contributed by atoms with Gasteiger partial charge in [-0.2, -0.15) is 0 Å². The molecule has 2 aromatic carbocycles. The Morgan fingerprint density at radius 3 is 2.70 bits per heavy atom. The molecule has 0 unspecified atom stereocenters. The van der Waals surface area contributed by atoms with E-state index >= 15 is 0 Å². The maximum atomic E-state index is 9.26. The molecule has 2 N–H and O–H groups in total. The SMILES string of the molecule is C[C@H](Nc1cncc(-c2cccc(CO)c2)n1)c1ccccc1.[HH]. The molecule has 0 saturated carbocycles. The standard InChI is InChI=1S/C19H19N3O.H2/c1-14(16-7-3-2-4-8-16)21-19-12-20-11-18(22-19)17-9-5-6-15(10-17)13-23;/h2-12,14,23H,13H2,1H3,(H,21,22);1H/t14-;/m0./s1. The topological polar surface area (TPSA) is 58.0 Å². The van der Waals surface area contributed by atoms with Gasteiger partial charge in [-0.05, 0) is 24.1 Å². The fourth-order valence-corrected chi connectivity index (χ4v) is 2.45. The first-order chi connectivity index (χ1) is 11.3. The van der Waals surface area contributed by atoms with Crippen LogP contribution in [-0.2, 0) is 6.61 Å². The third-order valence-electron chi connectivity index (χ3n) is 3.70. The van der Waals surface area contributed by atoms with Gasteiger partial charge in [0.05, 0.1) is 24.7 Å². The monoisotopic (exact) mass is 307 g/mol. The van der Waals surface area contributed by atoms with Gasteiger partial charge in [0, 0.05) is 13.0 Å². The number of nitrogens with one attached hydrogen (secondary N) is 1. The second-order valence-electron chi connectivity index (χ2n) is 5.42. The molecule has 0 amide bonds. The number of aliphatic hydroxyl groups excluding tert-OH is 1. The van der Waals surface area contributed by atoms with Crippen molar-refractivity contribution in [2.45, 2.75) is 19.6 Å². The zero-order valence-corrected chi connectivity index (χ0v) is 13.0. The van der Waals surface area contributed by atoms with Crippen LogP contribution in [0.3, 0.4) is 0 Å². The van der Waals surface area contributed by atoms with Gasteiger partial charge in [-0.1, -0.05) is 48.5 Å². The summed E-state index contributed by atoms with van der Waals surface area (Å²) in [7, 11) is 0. The predicted molar refractivity (Wildman–Crippen MR) is 94.0 cm³/mol. The molecule has 0 bridgehead atoms. The van der Waals surface area contributed by atoms with Gasteiger partial charge in [0.1, 0.15) is 5.82 Å². The number of hydrogen-bond donors (Lipinski definition) is 2. The average molecular weight is 307 g/mol. The fourth-order valence-electron chi connectivity index (χ4n) is 2.45. The first kappa shape index (κ1) is 15.2. The van der Waals surface area contributed by atoms with Crippen LogP contribution >= 0.6 is 0 Å². The van der Waals surface area contributed by atoms with Crippen LogP contribution in [0.1, 0.15) is 25.5 Å². The minimum absolute atomic E-state index is 0. The van der Waals surface area contributed by atoms with Crippen molar-refractivity contribution in [3.05, 3.63) is 78.1 Å². The van der Waals surface area contributed by atoms with Crippen LogP contribution in [0.25, 0.3) is 11.3 Å². The summed E-state index contributed by atoms with van der Waals surface area (Å²) in [5.41, 5.74) is 3.79. The van der Waals surface area contributed by atoms with Crippen molar-refractivity contribution in [2.75, 3.05) is 5.32 Å². The van der Waals surface area contributed by atoms with Crippen LogP contribution in [-0.4, -0.2) is 15.1 Å². The molecule has 1 aromatic heterocycles. The van der Waals surface area contributed by atoms with Crippen molar-refractivity contribution in [3.8, 4) is 11.3 Å². The highest BCUT2D eigenvalue weighted by atomic mass is 16.3. The summed E-state index contributed by atoms with van der Waals surface area (Å²) in [5.74, 6) is 0.730. The third-order valence-corrected chi connectivity index (χ3v) is 3.70. The number of anilines is 1. The van der Waals surface area contributed by atoms with Gasteiger partial charge >= 0.3 is 0 Å². The molecule has 4 heteroatoms. The Bertz CT molecular complexity index is 780. The van der Waals surface area contributed by atoms with Crippen LogP contribution in [0, 0.1) is 0 Å². The molecule has 1 heterocycles. The van der Waals surface area contributed by atoms with E-state index in [1.54, 1.807) is 12.4 Å². The summed E-state index contributed by atoms with van der Waals surface area (Å²) in [6.07, 6.45) is 3.45. The number of benzene rings is 2. The van der Waals surface area contributed by atoms with E-state index in [-0.39, 0.29) is 14.1 Å². The van der Waals surface area contributed by atoms with E-state index in [0.29, 0.717) is 0 Å². The number of rotatable bonds is 5. The molecule has 4 nitrogen and oxygen atoms in total. The van der Waals surface area contributed by atoms with Crippen molar-refractivity contribution < 1.29 is 6.53 Å². The highest BCUT2D eigenvalue weighted by molar-refractivity contribution is 5.60. The predicted octanol–water partition coefficient (Wildman–Crippen LogP) is 4.06. The maximum Gasteiger partial charge on any atom is 0.145 e. The van der Waals surface area contributed by atoms with Gasteiger partial charge in [-0.3, -0.25) is 4.98 Å². The lowest BCUT2D eigenvalue weighted by atomic mass is 10.1. The van der Waals surface area contributed by atoms with Crippen molar-refractivity contribution in [3.63, 3.8) is 0 Å². The maximum absolute atomic E-state index is 9.26. The van der Waals surface area contributed by atoms with Crippen molar-refractivity contribution in [1.29, 1.82) is 0 Å². The number of nitrogens with zero attached hydrogens (tertiary/aromatic N) is 2. The molecule has 3 aromatic rings. The molecule has 0 aliphatic carbocycles. The minimum atomic E-state index is 0.